The number of benzene rings is 2. The largest absolute Gasteiger partial charge is 0.333 e. The molecule has 2 aromatic carbocycles. The first-order valence-electron chi connectivity index (χ1n) is 10.0. The molecule has 2 heterocycles. The highest BCUT2D eigenvalue weighted by Crippen LogP contribution is 2.28. The number of hydrogen-bond acceptors (Lipinski definition) is 4. The van der Waals surface area contributed by atoms with Crippen LogP contribution in [0.1, 0.15) is 34.0 Å². The first-order chi connectivity index (χ1) is 14.6. The van der Waals surface area contributed by atoms with Crippen LogP contribution in [0.2, 0.25) is 0 Å². The number of carbonyl (C=O) groups is 1. The molecule has 1 amide bonds. The van der Waals surface area contributed by atoms with Crippen LogP contribution in [0.3, 0.4) is 0 Å². The number of aromatic amines is 1. The van der Waals surface area contributed by atoms with E-state index < -0.39 is 0 Å². The summed E-state index contributed by atoms with van der Waals surface area (Å²) in [4.78, 5) is 34.4. The fourth-order valence-corrected chi connectivity index (χ4v) is 4.08. The van der Waals surface area contributed by atoms with Crippen LogP contribution < -0.4 is 5.56 Å². The first kappa shape index (κ1) is 18.3. The predicted octanol–water partition coefficient (Wildman–Crippen LogP) is 2.87. The Balaban J connectivity index is 1.46. The van der Waals surface area contributed by atoms with E-state index >= 15 is 0 Å². The molecule has 7 nitrogen and oxygen atoms in total. The number of nitrogens with one attached hydrogen (secondary N) is 1. The second kappa shape index (κ2) is 7.26. The molecule has 0 saturated heterocycles. The topological polar surface area (TPSA) is 83.9 Å². The molecule has 0 bridgehead atoms. The molecule has 0 radical (unpaired) electrons. The Morgan fingerprint density at radius 1 is 1.10 bits per heavy atom. The molecule has 4 aromatic rings. The third kappa shape index (κ3) is 3.08. The molecule has 5 rings (SSSR count). The molecule has 1 aliphatic carbocycles. The minimum atomic E-state index is -0.203. The van der Waals surface area contributed by atoms with E-state index in [2.05, 4.69) is 15.1 Å². The average Bonchev–Trinajstić information content (AvgIpc) is 3.37. The zero-order valence-corrected chi connectivity index (χ0v) is 16.6. The Labute approximate surface area is 173 Å². The maximum atomic E-state index is 13.2. The lowest BCUT2D eigenvalue weighted by molar-refractivity contribution is 0.0774. The number of nitrogens with zero attached hydrogens (tertiary/aromatic N) is 4. The van der Waals surface area contributed by atoms with Gasteiger partial charge in [-0.05, 0) is 43.5 Å². The highest BCUT2D eigenvalue weighted by atomic mass is 16.2. The second-order valence-corrected chi connectivity index (χ2v) is 7.57. The number of H-pyrrole nitrogens is 1. The van der Waals surface area contributed by atoms with Gasteiger partial charge in [0.25, 0.3) is 11.5 Å². The van der Waals surface area contributed by atoms with Gasteiger partial charge in [-0.25, -0.2) is 9.67 Å². The quantitative estimate of drug-likeness (QED) is 0.572. The molecule has 0 spiro atoms. The molecule has 0 saturated carbocycles. The summed E-state index contributed by atoms with van der Waals surface area (Å²) in [5.74, 6) is 0.285. The van der Waals surface area contributed by atoms with Crippen molar-refractivity contribution in [3.05, 3.63) is 87.7 Å². The van der Waals surface area contributed by atoms with Crippen molar-refractivity contribution in [2.24, 2.45) is 0 Å². The smallest absolute Gasteiger partial charge is 0.274 e. The van der Waals surface area contributed by atoms with Crippen molar-refractivity contribution in [3.63, 3.8) is 0 Å². The molecule has 2 aromatic heterocycles. The van der Waals surface area contributed by atoms with Crippen molar-refractivity contribution in [3.8, 4) is 5.69 Å². The molecule has 30 heavy (non-hydrogen) atoms. The number of rotatable bonds is 4. The van der Waals surface area contributed by atoms with Crippen LogP contribution in [0.5, 0.6) is 0 Å². The maximum Gasteiger partial charge on any atom is 0.274 e. The number of fused-ring (bicyclic) bond motifs is 2. The summed E-state index contributed by atoms with van der Waals surface area (Å²) in [7, 11) is 1.71. The Kier molecular flexibility index (Phi) is 4.43. The number of hydrogen-bond donors (Lipinski definition) is 1. The van der Waals surface area contributed by atoms with Gasteiger partial charge in [0, 0.05) is 18.3 Å². The summed E-state index contributed by atoms with van der Waals surface area (Å²) in [5, 5.41) is 5.20. The zero-order chi connectivity index (χ0) is 20.7. The minimum absolute atomic E-state index is 0.168. The molecule has 1 aliphatic rings. The second-order valence-electron chi connectivity index (χ2n) is 7.57. The molecular weight excluding hydrogens is 378 g/mol. The molecule has 0 fully saturated rings. The first-order valence-corrected chi connectivity index (χ1v) is 10.0. The van der Waals surface area contributed by atoms with Crippen LogP contribution in [0.25, 0.3) is 16.6 Å². The molecule has 0 unspecified atom stereocenters. The van der Waals surface area contributed by atoms with E-state index in [0.717, 1.165) is 36.2 Å². The molecular formula is C23H21N5O2. The summed E-state index contributed by atoms with van der Waals surface area (Å²) in [6.07, 6.45) is 2.78. The van der Waals surface area contributed by atoms with Gasteiger partial charge in [0.2, 0.25) is 0 Å². The van der Waals surface area contributed by atoms with Crippen molar-refractivity contribution in [1.29, 1.82) is 0 Å². The molecule has 150 valence electrons. The van der Waals surface area contributed by atoms with E-state index in [-0.39, 0.29) is 18.0 Å². The van der Waals surface area contributed by atoms with E-state index in [1.807, 2.05) is 41.1 Å². The number of aromatic nitrogens is 4. The van der Waals surface area contributed by atoms with Crippen LogP contribution in [0, 0.1) is 0 Å². The molecule has 0 atom stereocenters. The van der Waals surface area contributed by atoms with Crippen molar-refractivity contribution in [1.82, 2.24) is 24.6 Å². The van der Waals surface area contributed by atoms with Crippen LogP contribution in [0.4, 0.5) is 0 Å². The van der Waals surface area contributed by atoms with Crippen molar-refractivity contribution < 1.29 is 4.79 Å². The van der Waals surface area contributed by atoms with Crippen LogP contribution in [0.15, 0.2) is 59.4 Å². The zero-order valence-electron chi connectivity index (χ0n) is 16.6. The van der Waals surface area contributed by atoms with E-state index in [1.54, 1.807) is 30.1 Å². The van der Waals surface area contributed by atoms with Crippen LogP contribution in [-0.2, 0) is 19.4 Å². The number of para-hydroxylation sites is 2. The van der Waals surface area contributed by atoms with Gasteiger partial charge < -0.3 is 9.88 Å². The van der Waals surface area contributed by atoms with Crippen molar-refractivity contribution in [2.45, 2.75) is 25.8 Å². The van der Waals surface area contributed by atoms with Gasteiger partial charge in [-0.2, -0.15) is 5.10 Å². The lowest BCUT2D eigenvalue weighted by atomic mass is 10.2. The Morgan fingerprint density at radius 3 is 2.70 bits per heavy atom. The monoisotopic (exact) mass is 399 g/mol. The fraction of sp³-hybridized carbons (Fsp3) is 0.217. The highest BCUT2D eigenvalue weighted by molar-refractivity contribution is 5.94. The standard InChI is InChI=1S/C23H21N5O2/c1-27(14-20-24-18-12-6-5-10-16(18)22(29)25-20)23(30)21-17-11-7-13-19(17)28(26-21)15-8-3-2-4-9-15/h2-6,8-10,12H,7,11,13-14H2,1H3,(H,24,25,29). The van der Waals surface area contributed by atoms with Gasteiger partial charge in [0.1, 0.15) is 5.82 Å². The third-order valence-corrected chi connectivity index (χ3v) is 5.53. The summed E-state index contributed by atoms with van der Waals surface area (Å²) in [6, 6.07) is 17.1. The maximum absolute atomic E-state index is 13.2. The highest BCUT2D eigenvalue weighted by Gasteiger charge is 2.28. The van der Waals surface area contributed by atoms with Gasteiger partial charge in [-0.1, -0.05) is 30.3 Å². The van der Waals surface area contributed by atoms with Gasteiger partial charge in [-0.3, -0.25) is 9.59 Å². The predicted molar refractivity (Wildman–Crippen MR) is 114 cm³/mol. The van der Waals surface area contributed by atoms with Gasteiger partial charge in [0.15, 0.2) is 5.69 Å². The number of carbonyl (C=O) groups excluding carboxylic acids is 1. The van der Waals surface area contributed by atoms with E-state index in [1.165, 1.54) is 0 Å². The van der Waals surface area contributed by atoms with E-state index in [9.17, 15) is 9.59 Å². The lowest BCUT2D eigenvalue weighted by Gasteiger charge is -2.16. The molecule has 0 aliphatic heterocycles. The molecule has 1 N–H and O–H groups in total. The fourth-order valence-electron chi connectivity index (χ4n) is 4.08. The number of amides is 1. The SMILES string of the molecule is CN(Cc1nc2ccccc2c(=O)[nH]1)C(=O)c1nn(-c2ccccc2)c2c1CCC2. The summed E-state index contributed by atoms with van der Waals surface area (Å²) in [6.45, 7) is 0.200. The summed E-state index contributed by atoms with van der Waals surface area (Å²) >= 11 is 0. The summed E-state index contributed by atoms with van der Waals surface area (Å²) in [5.41, 5.74) is 3.98. The van der Waals surface area contributed by atoms with Crippen LogP contribution >= 0.6 is 0 Å². The average molecular weight is 399 g/mol. The van der Waals surface area contributed by atoms with Crippen LogP contribution in [-0.4, -0.2) is 37.6 Å². The minimum Gasteiger partial charge on any atom is -0.333 e. The summed E-state index contributed by atoms with van der Waals surface area (Å²) < 4.78 is 1.89. The lowest BCUT2D eigenvalue weighted by Crippen LogP contribution is -2.29. The van der Waals surface area contributed by atoms with Gasteiger partial charge >= 0.3 is 0 Å². The van der Waals surface area contributed by atoms with Gasteiger partial charge in [-0.15, -0.1) is 0 Å². The van der Waals surface area contributed by atoms with E-state index in [4.69, 9.17) is 0 Å². The Morgan fingerprint density at radius 2 is 1.87 bits per heavy atom. The Hall–Kier alpha value is -3.74. The Bertz CT molecular complexity index is 1310. The van der Waals surface area contributed by atoms with E-state index in [0.29, 0.717) is 22.4 Å². The van der Waals surface area contributed by atoms with Gasteiger partial charge in [0.05, 0.1) is 23.1 Å². The van der Waals surface area contributed by atoms with Crippen molar-refractivity contribution >= 4 is 16.8 Å². The molecule has 7 heteroatoms. The third-order valence-electron chi connectivity index (χ3n) is 5.53. The van der Waals surface area contributed by atoms with Crippen molar-refractivity contribution in [2.75, 3.05) is 7.05 Å². The normalized spacial score (nSPS) is 12.8.